The third-order valence-corrected chi connectivity index (χ3v) is 4.62. The molecule has 0 aliphatic heterocycles. The molecule has 0 saturated carbocycles. The highest BCUT2D eigenvalue weighted by molar-refractivity contribution is 6.33. The van der Waals surface area contributed by atoms with Crippen LogP contribution in [0.2, 0.25) is 5.02 Å². The number of guanidine groups is 1. The molecule has 2 rings (SSSR count). The number of benzene rings is 1. The van der Waals surface area contributed by atoms with Crippen molar-refractivity contribution < 1.29 is 9.32 Å². The fraction of sp³-hybridized carbons (Fsp3) is 0.450. The van der Waals surface area contributed by atoms with Crippen LogP contribution < -0.4 is 16.0 Å². The Balaban J connectivity index is 1.81. The van der Waals surface area contributed by atoms with Gasteiger partial charge in [-0.2, -0.15) is 0 Å². The Kier molecular flexibility index (Phi) is 8.32. The fourth-order valence-corrected chi connectivity index (χ4v) is 3.04. The molecule has 0 radical (unpaired) electrons. The van der Waals surface area contributed by atoms with Gasteiger partial charge in [0.2, 0.25) is 5.91 Å². The van der Waals surface area contributed by atoms with Crippen LogP contribution in [0.5, 0.6) is 0 Å². The van der Waals surface area contributed by atoms with Crippen molar-refractivity contribution in [2.75, 3.05) is 18.9 Å². The number of rotatable bonds is 8. The highest BCUT2D eigenvalue weighted by Crippen LogP contribution is 2.22. The van der Waals surface area contributed by atoms with E-state index in [9.17, 15) is 4.79 Å². The lowest BCUT2D eigenvalue weighted by atomic mass is 10.1. The number of anilines is 1. The van der Waals surface area contributed by atoms with Crippen molar-refractivity contribution in [3.63, 3.8) is 0 Å². The zero-order chi connectivity index (χ0) is 20.5. The Morgan fingerprint density at radius 1 is 1.25 bits per heavy atom. The van der Waals surface area contributed by atoms with Gasteiger partial charge in [-0.25, -0.2) is 0 Å². The van der Waals surface area contributed by atoms with Crippen LogP contribution in [0.25, 0.3) is 0 Å². The molecule has 2 aromatic rings. The molecule has 0 saturated heterocycles. The van der Waals surface area contributed by atoms with Crippen LogP contribution in [-0.2, 0) is 24.2 Å². The number of aromatic nitrogens is 1. The molecule has 152 valence electrons. The van der Waals surface area contributed by atoms with E-state index in [2.05, 4.69) is 26.1 Å². The first-order valence-electron chi connectivity index (χ1n) is 9.45. The summed E-state index contributed by atoms with van der Waals surface area (Å²) in [6, 6.07) is 5.53. The molecule has 1 aromatic carbocycles. The summed E-state index contributed by atoms with van der Waals surface area (Å²) >= 11 is 6.15. The number of hydrogen-bond acceptors (Lipinski definition) is 4. The quantitative estimate of drug-likeness (QED) is 0.462. The highest BCUT2D eigenvalue weighted by atomic mass is 35.5. The van der Waals surface area contributed by atoms with E-state index in [1.165, 1.54) is 0 Å². The zero-order valence-electron chi connectivity index (χ0n) is 16.9. The summed E-state index contributed by atoms with van der Waals surface area (Å²) in [5.74, 6) is 1.38. The summed E-state index contributed by atoms with van der Waals surface area (Å²) in [7, 11) is 1.69. The van der Waals surface area contributed by atoms with Crippen LogP contribution in [0.15, 0.2) is 27.7 Å². The van der Waals surface area contributed by atoms with Gasteiger partial charge in [0.1, 0.15) is 5.76 Å². The van der Waals surface area contributed by atoms with Gasteiger partial charge < -0.3 is 20.5 Å². The Morgan fingerprint density at radius 2 is 2.04 bits per heavy atom. The predicted molar refractivity (Wildman–Crippen MR) is 113 cm³/mol. The maximum atomic E-state index is 12.1. The minimum absolute atomic E-state index is 0.116. The zero-order valence-corrected chi connectivity index (χ0v) is 17.6. The van der Waals surface area contributed by atoms with E-state index in [0.717, 1.165) is 35.4 Å². The first-order chi connectivity index (χ1) is 13.5. The van der Waals surface area contributed by atoms with Crippen LogP contribution in [-0.4, -0.2) is 30.6 Å². The van der Waals surface area contributed by atoms with Crippen LogP contribution >= 0.6 is 11.6 Å². The SMILES string of the molecule is CCc1noc(CC)c1CNC(=NC)NCCC(=O)Nc1ccc(C)cc1Cl. The van der Waals surface area contributed by atoms with E-state index in [1.54, 1.807) is 13.1 Å². The summed E-state index contributed by atoms with van der Waals surface area (Å²) in [4.78, 5) is 16.3. The molecule has 0 aliphatic carbocycles. The van der Waals surface area contributed by atoms with Gasteiger partial charge in [0.15, 0.2) is 5.96 Å². The Labute approximate surface area is 170 Å². The number of aliphatic imine (C=N–C) groups is 1. The van der Waals surface area contributed by atoms with E-state index < -0.39 is 0 Å². The molecular weight excluding hydrogens is 378 g/mol. The normalized spacial score (nSPS) is 11.4. The molecule has 7 nitrogen and oxygen atoms in total. The summed E-state index contributed by atoms with van der Waals surface area (Å²) < 4.78 is 5.37. The maximum absolute atomic E-state index is 12.1. The number of amides is 1. The Hall–Kier alpha value is -2.54. The molecule has 0 atom stereocenters. The standard InChI is InChI=1S/C20H28ClN5O2/c1-5-16-14(18(6-2)28-26-16)12-24-20(22-4)23-10-9-19(27)25-17-8-7-13(3)11-15(17)21/h7-8,11H,5-6,9-10,12H2,1-4H3,(H,25,27)(H2,22,23,24). The van der Waals surface area contributed by atoms with Crippen molar-refractivity contribution in [3.05, 3.63) is 45.8 Å². The average Bonchev–Trinajstić information content (AvgIpc) is 3.08. The van der Waals surface area contributed by atoms with E-state index >= 15 is 0 Å². The third kappa shape index (κ3) is 5.99. The molecule has 0 fully saturated rings. The van der Waals surface area contributed by atoms with Crippen molar-refractivity contribution in [2.24, 2.45) is 4.99 Å². The molecule has 1 heterocycles. The maximum Gasteiger partial charge on any atom is 0.226 e. The first-order valence-corrected chi connectivity index (χ1v) is 9.83. The number of aryl methyl sites for hydroxylation is 3. The van der Waals surface area contributed by atoms with Crippen molar-refractivity contribution in [2.45, 2.75) is 46.6 Å². The van der Waals surface area contributed by atoms with Gasteiger partial charge >= 0.3 is 0 Å². The number of hydrogen-bond donors (Lipinski definition) is 3. The first kappa shape index (κ1) is 21.8. The third-order valence-electron chi connectivity index (χ3n) is 4.31. The lowest BCUT2D eigenvalue weighted by Gasteiger charge is -2.12. The smallest absolute Gasteiger partial charge is 0.226 e. The number of nitrogens with zero attached hydrogens (tertiary/aromatic N) is 2. The molecule has 0 aliphatic rings. The monoisotopic (exact) mass is 405 g/mol. The van der Waals surface area contributed by atoms with Crippen molar-refractivity contribution in [1.82, 2.24) is 15.8 Å². The second-order valence-electron chi connectivity index (χ2n) is 6.37. The average molecular weight is 406 g/mol. The Bertz CT molecular complexity index is 810. The second-order valence-corrected chi connectivity index (χ2v) is 6.78. The molecule has 28 heavy (non-hydrogen) atoms. The predicted octanol–water partition coefficient (Wildman–Crippen LogP) is 3.46. The molecule has 1 amide bonds. The van der Waals surface area contributed by atoms with Crippen LogP contribution in [0.3, 0.4) is 0 Å². The summed E-state index contributed by atoms with van der Waals surface area (Å²) in [6.07, 6.45) is 1.89. The number of carbonyl (C=O) groups excluding carboxylic acids is 1. The number of halogens is 1. The van der Waals surface area contributed by atoms with Gasteiger partial charge in [-0.1, -0.05) is 36.7 Å². The topological polar surface area (TPSA) is 91.6 Å². The van der Waals surface area contributed by atoms with E-state index in [0.29, 0.717) is 36.2 Å². The van der Waals surface area contributed by atoms with Gasteiger partial charge in [0.25, 0.3) is 0 Å². The summed E-state index contributed by atoms with van der Waals surface area (Å²) in [6.45, 7) is 7.05. The molecule has 0 spiro atoms. The van der Waals surface area contributed by atoms with Crippen LogP contribution in [0.1, 0.15) is 42.8 Å². The lowest BCUT2D eigenvalue weighted by Crippen LogP contribution is -2.38. The lowest BCUT2D eigenvalue weighted by molar-refractivity contribution is -0.116. The minimum atomic E-state index is -0.116. The number of nitrogens with one attached hydrogen (secondary N) is 3. The van der Waals surface area contributed by atoms with Crippen molar-refractivity contribution in [1.29, 1.82) is 0 Å². The summed E-state index contributed by atoms with van der Waals surface area (Å²) in [5, 5.41) is 13.9. The van der Waals surface area contributed by atoms with Crippen molar-refractivity contribution >= 4 is 29.2 Å². The fourth-order valence-electron chi connectivity index (χ4n) is 2.76. The molecule has 1 aromatic heterocycles. The van der Waals surface area contributed by atoms with E-state index in [1.807, 2.05) is 32.9 Å². The van der Waals surface area contributed by atoms with Crippen molar-refractivity contribution in [3.8, 4) is 0 Å². The van der Waals surface area contributed by atoms with Crippen LogP contribution in [0.4, 0.5) is 5.69 Å². The molecular formula is C20H28ClN5O2. The highest BCUT2D eigenvalue weighted by Gasteiger charge is 2.13. The van der Waals surface area contributed by atoms with Crippen LogP contribution in [0, 0.1) is 6.92 Å². The van der Waals surface area contributed by atoms with Gasteiger partial charge in [-0.15, -0.1) is 0 Å². The van der Waals surface area contributed by atoms with Gasteiger partial charge in [-0.3, -0.25) is 9.79 Å². The molecule has 3 N–H and O–H groups in total. The largest absolute Gasteiger partial charge is 0.361 e. The summed E-state index contributed by atoms with van der Waals surface area (Å²) in [5.41, 5.74) is 3.69. The van der Waals surface area contributed by atoms with Gasteiger partial charge in [0, 0.05) is 38.5 Å². The minimum Gasteiger partial charge on any atom is -0.361 e. The molecule has 8 heteroatoms. The molecule has 0 unspecified atom stereocenters. The second kappa shape index (κ2) is 10.7. The molecule has 0 bridgehead atoms. The van der Waals surface area contributed by atoms with Gasteiger partial charge in [0.05, 0.1) is 16.4 Å². The number of carbonyl (C=O) groups is 1. The van der Waals surface area contributed by atoms with E-state index in [4.69, 9.17) is 16.1 Å². The van der Waals surface area contributed by atoms with E-state index in [-0.39, 0.29) is 5.91 Å². The Morgan fingerprint density at radius 3 is 2.68 bits per heavy atom. The van der Waals surface area contributed by atoms with Gasteiger partial charge in [-0.05, 0) is 31.0 Å².